The lowest BCUT2D eigenvalue weighted by molar-refractivity contribution is -0.138. The molecule has 2 aromatic carbocycles. The molecule has 0 radical (unpaired) electrons. The molecule has 35 heavy (non-hydrogen) atoms. The van der Waals surface area contributed by atoms with Crippen LogP contribution in [0.1, 0.15) is 32.8 Å². The molecule has 1 N–H and O–H groups in total. The third-order valence-corrected chi connectivity index (χ3v) is 5.45. The number of carbonyl (C=O) groups is 3. The number of hydrogen-bond acceptors (Lipinski definition) is 5. The lowest BCUT2D eigenvalue weighted by atomic mass is 10.1. The van der Waals surface area contributed by atoms with E-state index in [0.29, 0.717) is 17.1 Å². The molecule has 1 fully saturated rings. The smallest absolute Gasteiger partial charge is 0.321 e. The number of urea groups is 1. The molecule has 4 amide bonds. The van der Waals surface area contributed by atoms with E-state index in [1.54, 1.807) is 24.3 Å². The first-order valence-corrected chi connectivity index (χ1v) is 10.7. The predicted molar refractivity (Wildman–Crippen MR) is 121 cm³/mol. The number of halogens is 4. The van der Waals surface area contributed by atoms with Crippen LogP contribution in [0, 0.1) is 0 Å². The number of aromatic nitrogens is 2. The van der Waals surface area contributed by atoms with E-state index in [9.17, 15) is 27.6 Å². The van der Waals surface area contributed by atoms with E-state index in [4.69, 9.17) is 11.6 Å². The van der Waals surface area contributed by atoms with E-state index in [2.05, 4.69) is 15.5 Å². The highest BCUT2D eigenvalue weighted by Gasteiger charge is 2.39. The van der Waals surface area contributed by atoms with Crippen LogP contribution in [0.3, 0.4) is 0 Å². The van der Waals surface area contributed by atoms with Gasteiger partial charge >= 0.3 is 12.2 Å². The van der Waals surface area contributed by atoms with Crippen LogP contribution in [0.2, 0.25) is 5.02 Å². The number of anilines is 2. The van der Waals surface area contributed by atoms with Gasteiger partial charge in [-0.15, -0.1) is 10.2 Å². The van der Waals surface area contributed by atoms with Gasteiger partial charge in [-0.2, -0.15) is 13.2 Å². The second-order valence-electron chi connectivity index (χ2n) is 7.53. The van der Waals surface area contributed by atoms with Crippen molar-refractivity contribution in [1.82, 2.24) is 15.1 Å². The minimum absolute atomic E-state index is 0.0276. The summed E-state index contributed by atoms with van der Waals surface area (Å²) >= 11 is 5.82. The van der Waals surface area contributed by atoms with Crippen molar-refractivity contribution in [3.8, 4) is 0 Å². The summed E-state index contributed by atoms with van der Waals surface area (Å²) in [5.74, 6) is -1.55. The number of nitrogens with zero attached hydrogens (tertiary/aromatic N) is 4. The molecule has 1 saturated heterocycles. The Morgan fingerprint density at radius 1 is 0.943 bits per heavy atom. The molecule has 12 heteroatoms. The number of imide groups is 1. The van der Waals surface area contributed by atoms with Crippen molar-refractivity contribution >= 4 is 41.0 Å². The summed E-state index contributed by atoms with van der Waals surface area (Å²) in [5, 5.41) is 10.9. The highest BCUT2D eigenvalue weighted by atomic mass is 35.5. The average Bonchev–Trinajstić information content (AvgIpc) is 2.85. The van der Waals surface area contributed by atoms with E-state index in [1.807, 2.05) is 0 Å². The average molecular weight is 504 g/mol. The molecule has 0 spiro atoms. The van der Waals surface area contributed by atoms with Crippen LogP contribution >= 0.6 is 11.6 Å². The fraction of sp³-hybridized carbons (Fsp3) is 0.174. The third kappa shape index (κ3) is 5.24. The highest BCUT2D eigenvalue weighted by molar-refractivity contribution is 6.30. The molecule has 4 rings (SSSR count). The fourth-order valence-electron chi connectivity index (χ4n) is 3.51. The van der Waals surface area contributed by atoms with Crippen LogP contribution in [-0.2, 0) is 6.18 Å². The SMILES string of the molecule is O=C(Nc1ccc(Cl)cc1)c1ccc(N2CCCN(C(=O)c3ccccc3C(F)(F)F)C2=O)nn1. The fourth-order valence-corrected chi connectivity index (χ4v) is 3.63. The molecule has 1 aromatic heterocycles. The van der Waals surface area contributed by atoms with Crippen molar-refractivity contribution in [3.63, 3.8) is 0 Å². The summed E-state index contributed by atoms with van der Waals surface area (Å²) in [6, 6.07) is 12.6. The zero-order valence-electron chi connectivity index (χ0n) is 17.9. The minimum Gasteiger partial charge on any atom is -0.321 e. The van der Waals surface area contributed by atoms with E-state index in [-0.39, 0.29) is 24.6 Å². The molecule has 0 unspecified atom stereocenters. The monoisotopic (exact) mass is 503 g/mol. The molecule has 8 nitrogen and oxygen atoms in total. The molecular weight excluding hydrogens is 487 g/mol. The molecule has 0 saturated carbocycles. The molecule has 1 aliphatic heterocycles. The number of nitrogens with one attached hydrogen (secondary N) is 1. The van der Waals surface area contributed by atoms with Crippen molar-refractivity contribution in [2.24, 2.45) is 0 Å². The van der Waals surface area contributed by atoms with Gasteiger partial charge in [-0.25, -0.2) is 4.79 Å². The van der Waals surface area contributed by atoms with Crippen LogP contribution in [0.4, 0.5) is 29.5 Å². The Labute approximate surface area is 202 Å². The number of rotatable bonds is 4. The number of hydrogen-bond donors (Lipinski definition) is 1. The Morgan fingerprint density at radius 2 is 1.66 bits per heavy atom. The van der Waals surface area contributed by atoms with Crippen LogP contribution in [0.5, 0.6) is 0 Å². The largest absolute Gasteiger partial charge is 0.417 e. The second-order valence-corrected chi connectivity index (χ2v) is 7.96. The van der Waals surface area contributed by atoms with E-state index in [0.717, 1.165) is 21.9 Å². The first-order valence-electron chi connectivity index (χ1n) is 10.4. The lowest BCUT2D eigenvalue weighted by Crippen LogP contribution is -2.52. The van der Waals surface area contributed by atoms with Gasteiger partial charge in [0.25, 0.3) is 11.8 Å². The summed E-state index contributed by atoms with van der Waals surface area (Å²) in [6.45, 7) is 0.129. The van der Waals surface area contributed by atoms with Crippen molar-refractivity contribution in [2.75, 3.05) is 23.3 Å². The Balaban J connectivity index is 1.50. The van der Waals surface area contributed by atoms with Gasteiger partial charge in [0.15, 0.2) is 11.5 Å². The van der Waals surface area contributed by atoms with E-state index < -0.39 is 35.1 Å². The lowest BCUT2D eigenvalue weighted by Gasteiger charge is -2.33. The van der Waals surface area contributed by atoms with Gasteiger partial charge in [0.1, 0.15) is 0 Å². The Morgan fingerprint density at radius 3 is 2.31 bits per heavy atom. The predicted octanol–water partition coefficient (Wildman–Crippen LogP) is 4.87. The summed E-state index contributed by atoms with van der Waals surface area (Å²) in [5.41, 5.74) is -1.27. The number of alkyl halides is 3. The number of carbonyl (C=O) groups excluding carboxylic acids is 3. The van der Waals surface area contributed by atoms with Crippen LogP contribution in [0.25, 0.3) is 0 Å². The maximum absolute atomic E-state index is 13.4. The summed E-state index contributed by atoms with van der Waals surface area (Å²) in [4.78, 5) is 40.1. The minimum atomic E-state index is -4.75. The van der Waals surface area contributed by atoms with Gasteiger partial charge in [0.2, 0.25) is 0 Å². The van der Waals surface area contributed by atoms with E-state index in [1.165, 1.54) is 24.3 Å². The highest BCUT2D eigenvalue weighted by Crippen LogP contribution is 2.33. The van der Waals surface area contributed by atoms with Crippen molar-refractivity contribution in [1.29, 1.82) is 0 Å². The summed E-state index contributed by atoms with van der Waals surface area (Å²) < 4.78 is 40.1. The maximum atomic E-state index is 13.4. The van der Waals surface area contributed by atoms with Gasteiger partial charge in [-0.3, -0.25) is 19.4 Å². The molecule has 0 atom stereocenters. The Bertz CT molecular complexity index is 1270. The second kappa shape index (κ2) is 9.71. The van der Waals surface area contributed by atoms with Crippen molar-refractivity contribution < 1.29 is 27.6 Å². The van der Waals surface area contributed by atoms with Crippen molar-refractivity contribution in [3.05, 3.63) is 82.5 Å². The first-order chi connectivity index (χ1) is 16.6. The Kier molecular flexibility index (Phi) is 6.70. The molecule has 2 heterocycles. The van der Waals surface area contributed by atoms with Gasteiger partial charge in [0, 0.05) is 23.8 Å². The third-order valence-electron chi connectivity index (χ3n) is 5.20. The van der Waals surface area contributed by atoms with Crippen molar-refractivity contribution in [2.45, 2.75) is 12.6 Å². The van der Waals surface area contributed by atoms with Crippen LogP contribution in [0.15, 0.2) is 60.7 Å². The summed E-state index contributed by atoms with van der Waals surface area (Å²) in [7, 11) is 0. The zero-order chi connectivity index (χ0) is 25.2. The number of amides is 4. The normalized spacial score (nSPS) is 14.1. The van der Waals surface area contributed by atoms with Crippen LogP contribution < -0.4 is 10.2 Å². The molecule has 0 aliphatic carbocycles. The maximum Gasteiger partial charge on any atom is 0.417 e. The molecule has 180 valence electrons. The molecule has 0 bridgehead atoms. The van der Waals surface area contributed by atoms with Gasteiger partial charge in [-0.05, 0) is 55.0 Å². The zero-order valence-corrected chi connectivity index (χ0v) is 18.7. The van der Waals surface area contributed by atoms with Gasteiger partial charge < -0.3 is 5.32 Å². The molecular formula is C23H17ClF3N5O3. The first kappa shape index (κ1) is 24.1. The van der Waals surface area contributed by atoms with Crippen LogP contribution in [-0.4, -0.2) is 46.0 Å². The van der Waals surface area contributed by atoms with Gasteiger partial charge in [0.05, 0.1) is 11.1 Å². The molecule has 1 aliphatic rings. The van der Waals surface area contributed by atoms with E-state index >= 15 is 0 Å². The number of benzene rings is 2. The Hall–Kier alpha value is -3.99. The van der Waals surface area contributed by atoms with Gasteiger partial charge in [-0.1, -0.05) is 23.7 Å². The topological polar surface area (TPSA) is 95.5 Å². The summed E-state index contributed by atoms with van der Waals surface area (Å²) in [6.07, 6.45) is -4.44. The standard InChI is InChI=1S/C23H17ClF3N5O3/c24-14-6-8-15(9-7-14)28-20(33)18-10-11-19(30-29-18)31-12-3-13-32(22(31)35)21(34)16-4-1-2-5-17(16)23(25,26)27/h1-2,4-11H,3,12-13H2,(H,28,33). The quantitative estimate of drug-likeness (QED) is 0.548. The molecule has 3 aromatic rings.